The molecule has 3 heterocycles. The van der Waals surface area contributed by atoms with Gasteiger partial charge in [0.2, 0.25) is 5.16 Å². The van der Waals surface area contributed by atoms with Crippen LogP contribution in [0.3, 0.4) is 0 Å². The highest BCUT2D eigenvalue weighted by atomic mass is 32.2. The molecule has 0 aliphatic carbocycles. The molecule has 0 aliphatic rings. The van der Waals surface area contributed by atoms with Gasteiger partial charge < -0.3 is 4.40 Å². The number of nitrogens with zero attached hydrogens (tertiary/aromatic N) is 6. The largest absolute Gasteiger partial charge is 0.408 e. The van der Waals surface area contributed by atoms with Crippen LogP contribution in [0.25, 0.3) is 5.65 Å². The summed E-state index contributed by atoms with van der Waals surface area (Å²) in [5.74, 6) is 0.389. The first-order valence-electron chi connectivity index (χ1n) is 5.89. The third kappa shape index (κ3) is 3.32. The normalized spacial score (nSPS) is 12.1. The number of tetrazole rings is 1. The fourth-order valence-corrected chi connectivity index (χ4v) is 2.52. The lowest BCUT2D eigenvalue weighted by molar-refractivity contribution is -0.144. The van der Waals surface area contributed by atoms with Gasteiger partial charge in [0.25, 0.3) is 0 Å². The summed E-state index contributed by atoms with van der Waals surface area (Å²) in [4.78, 5) is 4.36. The van der Waals surface area contributed by atoms with Crippen molar-refractivity contribution < 1.29 is 13.2 Å². The molecular formula is C11H9F3N6S. The molecule has 110 valence electrons. The molecule has 3 aromatic heterocycles. The average molecular weight is 314 g/mol. The molecule has 0 saturated heterocycles. The van der Waals surface area contributed by atoms with Gasteiger partial charge in [-0.2, -0.15) is 13.2 Å². The number of fused-ring (bicyclic) bond motifs is 1. The number of alkyl halides is 3. The molecule has 0 saturated carbocycles. The second kappa shape index (κ2) is 5.35. The summed E-state index contributed by atoms with van der Waals surface area (Å²) in [5.41, 5.74) is 1.52. The zero-order chi connectivity index (χ0) is 14.9. The third-order valence-corrected chi connectivity index (χ3v) is 3.58. The van der Waals surface area contributed by atoms with Gasteiger partial charge in [0, 0.05) is 18.1 Å². The van der Waals surface area contributed by atoms with Gasteiger partial charge in [-0.1, -0.05) is 17.8 Å². The van der Waals surface area contributed by atoms with E-state index in [1.165, 1.54) is 0 Å². The Morgan fingerprint density at radius 3 is 2.86 bits per heavy atom. The monoisotopic (exact) mass is 314 g/mol. The predicted molar refractivity (Wildman–Crippen MR) is 68.6 cm³/mol. The Morgan fingerprint density at radius 2 is 2.10 bits per heavy atom. The quantitative estimate of drug-likeness (QED) is 0.691. The molecule has 0 amide bonds. The van der Waals surface area contributed by atoms with Crippen LogP contribution in [0.15, 0.2) is 35.7 Å². The van der Waals surface area contributed by atoms with E-state index >= 15 is 0 Å². The molecule has 6 nitrogen and oxygen atoms in total. The van der Waals surface area contributed by atoms with Crippen molar-refractivity contribution in [3.8, 4) is 0 Å². The standard InChI is InChI=1S/C11H9F3N6S/c12-11(13,14)7-20-10(16-17-18-20)21-6-8-5-19-4-2-1-3-9(19)15-8/h1-5H,6-7H2. The lowest BCUT2D eigenvalue weighted by atomic mass is 10.5. The molecule has 0 spiro atoms. The van der Waals surface area contributed by atoms with Crippen LogP contribution in [0.2, 0.25) is 0 Å². The Kier molecular flexibility index (Phi) is 3.53. The number of halogens is 3. The Hall–Kier alpha value is -2.10. The fraction of sp³-hybridized carbons (Fsp3) is 0.273. The maximum absolute atomic E-state index is 12.4. The van der Waals surface area contributed by atoms with Crippen molar-refractivity contribution in [2.24, 2.45) is 0 Å². The zero-order valence-corrected chi connectivity index (χ0v) is 11.3. The summed E-state index contributed by atoms with van der Waals surface area (Å²) in [6.45, 7) is -1.20. The van der Waals surface area contributed by atoms with Gasteiger partial charge in [0.05, 0.1) is 5.69 Å². The highest BCUT2D eigenvalue weighted by Crippen LogP contribution is 2.23. The molecule has 3 rings (SSSR count). The molecule has 21 heavy (non-hydrogen) atoms. The smallest absolute Gasteiger partial charge is 0.307 e. The Balaban J connectivity index is 1.71. The summed E-state index contributed by atoms with van der Waals surface area (Å²) < 4.78 is 39.7. The van der Waals surface area contributed by atoms with E-state index in [0.717, 1.165) is 27.8 Å². The zero-order valence-electron chi connectivity index (χ0n) is 10.5. The summed E-state index contributed by atoms with van der Waals surface area (Å²) >= 11 is 1.11. The van der Waals surface area contributed by atoms with Crippen LogP contribution in [0.1, 0.15) is 5.69 Å². The van der Waals surface area contributed by atoms with Crippen molar-refractivity contribution >= 4 is 17.4 Å². The van der Waals surface area contributed by atoms with Crippen LogP contribution in [-0.2, 0) is 12.3 Å². The SMILES string of the molecule is FC(F)(F)Cn1nnnc1SCc1cn2ccccc2n1. The van der Waals surface area contributed by atoms with Crippen molar-refractivity contribution in [3.05, 3.63) is 36.3 Å². The van der Waals surface area contributed by atoms with E-state index in [-0.39, 0.29) is 5.16 Å². The molecule has 0 bridgehead atoms. The first-order valence-corrected chi connectivity index (χ1v) is 6.88. The Bertz CT molecular complexity index is 717. The summed E-state index contributed by atoms with van der Waals surface area (Å²) in [7, 11) is 0. The van der Waals surface area contributed by atoms with E-state index in [9.17, 15) is 13.2 Å². The first kappa shape index (κ1) is 13.9. The molecule has 0 atom stereocenters. The summed E-state index contributed by atoms with van der Waals surface area (Å²) in [6, 6.07) is 5.58. The van der Waals surface area contributed by atoms with Gasteiger partial charge in [-0.25, -0.2) is 9.67 Å². The molecule has 0 aliphatic heterocycles. The van der Waals surface area contributed by atoms with Crippen LogP contribution >= 0.6 is 11.8 Å². The van der Waals surface area contributed by atoms with Gasteiger partial charge >= 0.3 is 6.18 Å². The Labute approximate surface area is 121 Å². The molecule has 0 unspecified atom stereocenters. The van der Waals surface area contributed by atoms with Gasteiger partial charge in [0.15, 0.2) is 0 Å². The Morgan fingerprint density at radius 1 is 1.24 bits per heavy atom. The molecular weight excluding hydrogens is 305 g/mol. The van der Waals surface area contributed by atoms with Crippen LogP contribution < -0.4 is 0 Å². The number of thioether (sulfide) groups is 1. The minimum atomic E-state index is -4.35. The van der Waals surface area contributed by atoms with Crippen molar-refractivity contribution in [1.82, 2.24) is 29.6 Å². The predicted octanol–water partition coefficient (Wildman–Crippen LogP) is 2.18. The third-order valence-electron chi connectivity index (χ3n) is 2.59. The lowest BCUT2D eigenvalue weighted by Crippen LogP contribution is -2.19. The number of aromatic nitrogens is 6. The van der Waals surface area contributed by atoms with Crippen LogP contribution in [0.5, 0.6) is 0 Å². The van der Waals surface area contributed by atoms with E-state index in [2.05, 4.69) is 20.5 Å². The van der Waals surface area contributed by atoms with Gasteiger partial charge in [-0.3, -0.25) is 0 Å². The van der Waals surface area contributed by atoms with E-state index < -0.39 is 12.7 Å². The number of pyridine rings is 1. The molecule has 10 heteroatoms. The van der Waals surface area contributed by atoms with E-state index in [1.807, 2.05) is 35.0 Å². The summed E-state index contributed by atoms with van der Waals surface area (Å²) in [5, 5.41) is 10.3. The topological polar surface area (TPSA) is 60.9 Å². The molecule has 3 aromatic rings. The average Bonchev–Trinajstić information content (AvgIpc) is 3.00. The van der Waals surface area contributed by atoms with Gasteiger partial charge in [-0.15, -0.1) is 5.10 Å². The van der Waals surface area contributed by atoms with Crippen LogP contribution in [0, 0.1) is 0 Å². The number of imidazole rings is 1. The minimum absolute atomic E-state index is 0.115. The minimum Gasteiger partial charge on any atom is -0.307 e. The van der Waals surface area contributed by atoms with Gasteiger partial charge in [-0.05, 0) is 22.6 Å². The first-order chi connectivity index (χ1) is 10.0. The lowest BCUT2D eigenvalue weighted by Gasteiger charge is -2.06. The highest BCUT2D eigenvalue weighted by molar-refractivity contribution is 7.98. The van der Waals surface area contributed by atoms with E-state index in [4.69, 9.17) is 0 Å². The molecule has 0 aromatic carbocycles. The maximum Gasteiger partial charge on any atom is 0.408 e. The van der Waals surface area contributed by atoms with E-state index in [1.54, 1.807) is 0 Å². The van der Waals surface area contributed by atoms with E-state index in [0.29, 0.717) is 5.75 Å². The summed E-state index contributed by atoms with van der Waals surface area (Å²) in [6.07, 6.45) is -0.682. The molecule has 0 radical (unpaired) electrons. The second-order valence-electron chi connectivity index (χ2n) is 4.22. The number of hydrogen-bond acceptors (Lipinski definition) is 5. The van der Waals surface area contributed by atoms with Crippen molar-refractivity contribution in [3.63, 3.8) is 0 Å². The number of rotatable bonds is 4. The fourth-order valence-electron chi connectivity index (χ4n) is 1.76. The van der Waals surface area contributed by atoms with Crippen LogP contribution in [-0.4, -0.2) is 35.8 Å². The van der Waals surface area contributed by atoms with Crippen molar-refractivity contribution in [1.29, 1.82) is 0 Å². The van der Waals surface area contributed by atoms with Crippen molar-refractivity contribution in [2.75, 3.05) is 0 Å². The van der Waals surface area contributed by atoms with Crippen LogP contribution in [0.4, 0.5) is 13.2 Å². The molecule has 0 fully saturated rings. The maximum atomic E-state index is 12.4. The molecule has 0 N–H and O–H groups in total. The van der Waals surface area contributed by atoms with Gasteiger partial charge in [0.1, 0.15) is 12.2 Å². The second-order valence-corrected chi connectivity index (χ2v) is 5.16. The highest BCUT2D eigenvalue weighted by Gasteiger charge is 2.30. The van der Waals surface area contributed by atoms with Crippen molar-refractivity contribution in [2.45, 2.75) is 23.6 Å². The number of hydrogen-bond donors (Lipinski definition) is 0.